The third-order valence-corrected chi connectivity index (χ3v) is 3.70. The summed E-state index contributed by atoms with van der Waals surface area (Å²) in [5, 5.41) is 0. The van der Waals surface area contributed by atoms with Crippen LogP contribution in [0.15, 0.2) is 23.0 Å². The fourth-order valence-electron chi connectivity index (χ4n) is 2.76. The molecule has 0 saturated heterocycles. The summed E-state index contributed by atoms with van der Waals surface area (Å²) in [6.45, 7) is 1.82. The highest BCUT2D eigenvalue weighted by atomic mass is 16.3. The van der Waals surface area contributed by atoms with Gasteiger partial charge in [-0.25, -0.2) is 0 Å². The molecule has 1 aliphatic carbocycles. The van der Waals surface area contributed by atoms with Crippen LogP contribution in [0.1, 0.15) is 37.3 Å². The molecular formula is C13H22N2O. The lowest BCUT2D eigenvalue weighted by Gasteiger charge is -2.28. The van der Waals surface area contributed by atoms with Crippen molar-refractivity contribution in [2.45, 2.75) is 31.7 Å². The van der Waals surface area contributed by atoms with Crippen molar-refractivity contribution in [1.29, 1.82) is 0 Å². The number of nitrogens with zero attached hydrogens (tertiary/aromatic N) is 1. The molecule has 1 fully saturated rings. The van der Waals surface area contributed by atoms with Gasteiger partial charge in [-0.3, -0.25) is 4.90 Å². The molecule has 1 aliphatic rings. The van der Waals surface area contributed by atoms with Crippen LogP contribution < -0.4 is 5.73 Å². The molecular weight excluding hydrogens is 200 g/mol. The molecule has 1 aromatic heterocycles. The van der Waals surface area contributed by atoms with E-state index in [1.165, 1.54) is 31.2 Å². The van der Waals surface area contributed by atoms with Gasteiger partial charge < -0.3 is 10.2 Å². The first-order valence-electron chi connectivity index (χ1n) is 6.23. The molecule has 1 aromatic rings. The van der Waals surface area contributed by atoms with Crippen LogP contribution in [0.25, 0.3) is 0 Å². The van der Waals surface area contributed by atoms with Crippen molar-refractivity contribution in [3.8, 4) is 0 Å². The van der Waals surface area contributed by atoms with Crippen LogP contribution in [-0.4, -0.2) is 25.0 Å². The number of hydrogen-bond acceptors (Lipinski definition) is 3. The summed E-state index contributed by atoms with van der Waals surface area (Å²) >= 11 is 0. The van der Waals surface area contributed by atoms with E-state index in [1.54, 1.807) is 6.26 Å². The lowest BCUT2D eigenvalue weighted by Crippen LogP contribution is -2.33. The van der Waals surface area contributed by atoms with E-state index in [9.17, 15) is 0 Å². The Kier molecular flexibility index (Phi) is 4.02. The van der Waals surface area contributed by atoms with E-state index in [0.29, 0.717) is 12.6 Å². The number of nitrogens with two attached hydrogens (primary N) is 1. The third-order valence-electron chi connectivity index (χ3n) is 3.70. The summed E-state index contributed by atoms with van der Waals surface area (Å²) in [6, 6.07) is 2.32. The normalized spacial score (nSPS) is 19.4. The summed E-state index contributed by atoms with van der Waals surface area (Å²) in [7, 11) is 2.17. The monoisotopic (exact) mass is 222 g/mol. The maximum Gasteiger partial charge on any atom is 0.0950 e. The van der Waals surface area contributed by atoms with E-state index in [4.69, 9.17) is 10.2 Å². The topological polar surface area (TPSA) is 42.4 Å². The van der Waals surface area contributed by atoms with Gasteiger partial charge in [0.05, 0.1) is 12.5 Å². The first-order valence-corrected chi connectivity index (χ1v) is 6.23. The summed E-state index contributed by atoms with van der Waals surface area (Å²) in [5.74, 6) is 0.867. The van der Waals surface area contributed by atoms with Gasteiger partial charge in [0.25, 0.3) is 0 Å². The number of likely N-dealkylation sites (N-methyl/N-ethyl adjacent to an activating group) is 1. The third kappa shape index (κ3) is 2.66. The maximum atomic E-state index is 5.86. The zero-order valence-electron chi connectivity index (χ0n) is 10.1. The predicted molar refractivity (Wildman–Crippen MR) is 65.1 cm³/mol. The van der Waals surface area contributed by atoms with Crippen LogP contribution in [0.5, 0.6) is 0 Å². The van der Waals surface area contributed by atoms with Crippen molar-refractivity contribution in [1.82, 2.24) is 4.90 Å². The summed E-state index contributed by atoms with van der Waals surface area (Å²) in [6.07, 6.45) is 9.10. The molecule has 0 bridgehead atoms. The lowest BCUT2D eigenvalue weighted by molar-refractivity contribution is 0.211. The van der Waals surface area contributed by atoms with Crippen LogP contribution in [0.3, 0.4) is 0 Å². The first kappa shape index (κ1) is 11.7. The van der Waals surface area contributed by atoms with Crippen molar-refractivity contribution < 1.29 is 4.42 Å². The van der Waals surface area contributed by atoms with Gasteiger partial charge in [-0.2, -0.15) is 0 Å². The molecule has 90 valence electrons. The van der Waals surface area contributed by atoms with Crippen LogP contribution in [-0.2, 0) is 0 Å². The van der Waals surface area contributed by atoms with Crippen molar-refractivity contribution in [3.63, 3.8) is 0 Å². The molecule has 3 nitrogen and oxygen atoms in total. The van der Waals surface area contributed by atoms with Gasteiger partial charge in [0.2, 0.25) is 0 Å². The zero-order chi connectivity index (χ0) is 11.4. The van der Waals surface area contributed by atoms with Crippen molar-refractivity contribution >= 4 is 0 Å². The second kappa shape index (κ2) is 5.51. The van der Waals surface area contributed by atoms with Crippen LogP contribution in [0.2, 0.25) is 0 Å². The van der Waals surface area contributed by atoms with Crippen LogP contribution in [0.4, 0.5) is 0 Å². The summed E-state index contributed by atoms with van der Waals surface area (Å²) < 4.78 is 5.14. The molecule has 2 rings (SSSR count). The molecule has 0 spiro atoms. The molecule has 0 aliphatic heterocycles. The highest BCUT2D eigenvalue weighted by Crippen LogP contribution is 2.28. The SMILES string of the molecule is CN(CC1CCCC1)C(CN)c1ccoc1. The molecule has 0 aromatic carbocycles. The van der Waals surface area contributed by atoms with E-state index in [-0.39, 0.29) is 0 Å². The standard InChI is InChI=1S/C13H22N2O/c1-15(9-11-4-2-3-5-11)13(8-14)12-6-7-16-10-12/h6-7,10-11,13H,2-5,8-9,14H2,1H3. The van der Waals surface area contributed by atoms with Gasteiger partial charge in [-0.05, 0) is 31.9 Å². The van der Waals surface area contributed by atoms with Gasteiger partial charge in [-0.1, -0.05) is 12.8 Å². The van der Waals surface area contributed by atoms with E-state index < -0.39 is 0 Å². The largest absolute Gasteiger partial charge is 0.472 e. The Morgan fingerprint density at radius 2 is 2.25 bits per heavy atom. The van der Waals surface area contributed by atoms with Gasteiger partial charge in [0.15, 0.2) is 0 Å². The molecule has 16 heavy (non-hydrogen) atoms. The fourth-order valence-corrected chi connectivity index (χ4v) is 2.76. The number of rotatable bonds is 5. The average molecular weight is 222 g/mol. The van der Waals surface area contributed by atoms with Gasteiger partial charge in [0.1, 0.15) is 0 Å². The van der Waals surface area contributed by atoms with E-state index in [2.05, 4.69) is 11.9 Å². The molecule has 1 heterocycles. The number of furan rings is 1. The minimum absolute atomic E-state index is 0.305. The van der Waals surface area contributed by atoms with Crippen LogP contribution >= 0.6 is 0 Å². The second-order valence-electron chi connectivity index (χ2n) is 4.90. The Hall–Kier alpha value is -0.800. The van der Waals surface area contributed by atoms with Gasteiger partial charge >= 0.3 is 0 Å². The predicted octanol–water partition coefficient (Wildman–Crippen LogP) is 2.40. The Balaban J connectivity index is 1.93. The lowest BCUT2D eigenvalue weighted by atomic mass is 10.0. The van der Waals surface area contributed by atoms with Crippen molar-refractivity contribution in [2.75, 3.05) is 20.1 Å². The number of hydrogen-bond donors (Lipinski definition) is 1. The molecule has 1 atom stereocenters. The highest BCUT2D eigenvalue weighted by Gasteiger charge is 2.22. The van der Waals surface area contributed by atoms with E-state index in [0.717, 1.165) is 12.5 Å². The van der Waals surface area contributed by atoms with Crippen molar-refractivity contribution in [2.24, 2.45) is 11.7 Å². The Bertz CT molecular complexity index is 291. The second-order valence-corrected chi connectivity index (χ2v) is 4.90. The molecule has 2 N–H and O–H groups in total. The minimum atomic E-state index is 0.305. The fraction of sp³-hybridized carbons (Fsp3) is 0.692. The van der Waals surface area contributed by atoms with E-state index >= 15 is 0 Å². The molecule has 1 saturated carbocycles. The first-order chi connectivity index (χ1) is 7.81. The van der Waals surface area contributed by atoms with Crippen molar-refractivity contribution in [3.05, 3.63) is 24.2 Å². The zero-order valence-corrected chi connectivity index (χ0v) is 10.1. The summed E-state index contributed by atoms with van der Waals surface area (Å²) in [5.41, 5.74) is 7.05. The molecule has 1 unspecified atom stereocenters. The average Bonchev–Trinajstić information content (AvgIpc) is 2.91. The molecule has 0 radical (unpaired) electrons. The highest BCUT2D eigenvalue weighted by molar-refractivity contribution is 5.12. The minimum Gasteiger partial charge on any atom is -0.472 e. The van der Waals surface area contributed by atoms with Crippen LogP contribution in [0, 0.1) is 5.92 Å². The van der Waals surface area contributed by atoms with Gasteiger partial charge in [0, 0.05) is 24.7 Å². The quantitative estimate of drug-likeness (QED) is 0.832. The van der Waals surface area contributed by atoms with Gasteiger partial charge in [-0.15, -0.1) is 0 Å². The maximum absolute atomic E-state index is 5.86. The molecule has 3 heteroatoms. The molecule has 0 amide bonds. The Morgan fingerprint density at radius 1 is 1.50 bits per heavy atom. The summed E-state index contributed by atoms with van der Waals surface area (Å²) in [4.78, 5) is 2.38. The Labute approximate surface area is 97.6 Å². The Morgan fingerprint density at radius 3 is 2.81 bits per heavy atom. The van der Waals surface area contributed by atoms with E-state index in [1.807, 2.05) is 12.3 Å². The smallest absolute Gasteiger partial charge is 0.0950 e.